The number of rotatable bonds is 6. The molecule has 0 radical (unpaired) electrons. The predicted molar refractivity (Wildman–Crippen MR) is 105 cm³/mol. The van der Waals surface area contributed by atoms with Crippen molar-refractivity contribution in [2.45, 2.75) is 6.42 Å². The highest BCUT2D eigenvalue weighted by atomic mass is 16.5. The molecule has 1 aromatic heterocycles. The van der Waals surface area contributed by atoms with Crippen LogP contribution < -0.4 is 10.5 Å². The number of hydrogen-bond donors (Lipinski definition) is 1. The van der Waals surface area contributed by atoms with Crippen LogP contribution in [0.2, 0.25) is 0 Å². The fraction of sp³-hybridized carbons (Fsp3) is 0.0909. The molecule has 0 atom stereocenters. The second kappa shape index (κ2) is 8.12. The minimum absolute atomic E-state index is 0.495. The van der Waals surface area contributed by atoms with Gasteiger partial charge in [0.05, 0.1) is 12.7 Å². The van der Waals surface area contributed by atoms with Gasteiger partial charge in [-0.2, -0.15) is 0 Å². The van der Waals surface area contributed by atoms with Crippen molar-refractivity contribution in [2.24, 2.45) is 0 Å². The molecule has 0 fully saturated rings. The summed E-state index contributed by atoms with van der Waals surface area (Å²) in [6, 6.07) is 19.4. The van der Waals surface area contributed by atoms with Crippen LogP contribution in [-0.2, 0) is 6.42 Å². The fourth-order valence-corrected chi connectivity index (χ4v) is 2.77. The average molecular weight is 344 g/mol. The first kappa shape index (κ1) is 17.4. The summed E-state index contributed by atoms with van der Waals surface area (Å²) < 4.78 is 5.37. The largest absolute Gasteiger partial charge is 0.481 e. The molecule has 0 bridgehead atoms. The lowest BCUT2D eigenvalue weighted by molar-refractivity contribution is 0.112. The van der Waals surface area contributed by atoms with Crippen LogP contribution in [0.15, 0.2) is 66.9 Å². The van der Waals surface area contributed by atoms with E-state index >= 15 is 0 Å². The van der Waals surface area contributed by atoms with E-state index in [4.69, 9.17) is 10.5 Å². The smallest absolute Gasteiger partial charge is 0.222 e. The Kier molecular flexibility index (Phi) is 5.44. The maximum absolute atomic E-state index is 10.9. The summed E-state index contributed by atoms with van der Waals surface area (Å²) in [5, 5.41) is 0. The third-order valence-corrected chi connectivity index (χ3v) is 4.15. The van der Waals surface area contributed by atoms with E-state index < -0.39 is 0 Å². The van der Waals surface area contributed by atoms with Crippen LogP contribution in [0.3, 0.4) is 0 Å². The van der Waals surface area contributed by atoms with Crippen LogP contribution in [0.5, 0.6) is 5.88 Å². The lowest BCUT2D eigenvalue weighted by atomic mass is 9.95. The van der Waals surface area contributed by atoms with E-state index in [-0.39, 0.29) is 0 Å². The van der Waals surface area contributed by atoms with Gasteiger partial charge < -0.3 is 10.5 Å². The SMILES string of the molecule is COc1nccc(N)c1/C=C(\Cc1ccc(C=O)cc1)c1ccccc1. The highest BCUT2D eigenvalue weighted by Crippen LogP contribution is 2.29. The Bertz CT molecular complexity index is 917. The van der Waals surface area contributed by atoms with Crippen molar-refractivity contribution in [2.75, 3.05) is 12.8 Å². The fourth-order valence-electron chi connectivity index (χ4n) is 2.77. The molecule has 0 aliphatic carbocycles. The number of nitrogen functional groups attached to an aromatic ring is 1. The molecule has 0 amide bonds. The summed E-state index contributed by atoms with van der Waals surface area (Å²) in [5.41, 5.74) is 11.5. The number of allylic oxidation sites excluding steroid dienone is 1. The third kappa shape index (κ3) is 3.98. The summed E-state index contributed by atoms with van der Waals surface area (Å²) in [6.07, 6.45) is 5.19. The van der Waals surface area contributed by atoms with Crippen LogP contribution in [-0.4, -0.2) is 18.4 Å². The first-order valence-electron chi connectivity index (χ1n) is 8.30. The Hall–Kier alpha value is -3.40. The Morgan fingerprint density at radius 2 is 1.81 bits per heavy atom. The van der Waals surface area contributed by atoms with Crippen LogP contribution in [0.4, 0.5) is 5.69 Å². The summed E-state index contributed by atoms with van der Waals surface area (Å²) in [5.74, 6) is 0.495. The molecular weight excluding hydrogens is 324 g/mol. The summed E-state index contributed by atoms with van der Waals surface area (Å²) in [4.78, 5) is 15.1. The number of nitrogens with two attached hydrogens (primary N) is 1. The zero-order valence-electron chi connectivity index (χ0n) is 14.6. The molecule has 2 N–H and O–H groups in total. The summed E-state index contributed by atoms with van der Waals surface area (Å²) in [7, 11) is 1.58. The van der Waals surface area contributed by atoms with Gasteiger partial charge >= 0.3 is 0 Å². The quantitative estimate of drug-likeness (QED) is 0.678. The van der Waals surface area contributed by atoms with Crippen LogP contribution >= 0.6 is 0 Å². The van der Waals surface area contributed by atoms with Crippen LogP contribution in [0.25, 0.3) is 11.6 Å². The number of carbonyl (C=O) groups is 1. The molecule has 2 aromatic carbocycles. The maximum Gasteiger partial charge on any atom is 0.222 e. The van der Waals surface area contributed by atoms with Crippen molar-refractivity contribution in [3.8, 4) is 5.88 Å². The van der Waals surface area contributed by atoms with E-state index in [2.05, 4.69) is 17.1 Å². The van der Waals surface area contributed by atoms with E-state index in [1.165, 1.54) is 0 Å². The molecule has 0 aliphatic rings. The van der Waals surface area contributed by atoms with E-state index in [0.717, 1.165) is 28.5 Å². The highest BCUT2D eigenvalue weighted by molar-refractivity contribution is 5.87. The molecule has 1 heterocycles. The number of aldehydes is 1. The molecule has 0 saturated heterocycles. The van der Waals surface area contributed by atoms with Gasteiger partial charge in [-0.05, 0) is 35.3 Å². The van der Waals surface area contributed by atoms with Crippen molar-refractivity contribution >= 4 is 23.6 Å². The molecule has 130 valence electrons. The first-order valence-corrected chi connectivity index (χ1v) is 8.30. The van der Waals surface area contributed by atoms with Crippen molar-refractivity contribution in [1.82, 2.24) is 4.98 Å². The lowest BCUT2D eigenvalue weighted by Gasteiger charge is -2.12. The third-order valence-electron chi connectivity index (χ3n) is 4.15. The standard InChI is InChI=1S/C22H20N2O2/c1-26-22-20(21(23)11-12-24-22)14-19(18-5-3-2-4-6-18)13-16-7-9-17(15-25)10-8-16/h2-12,14-15H,13H2,1H3,(H2,23,24)/b19-14+. The van der Waals surface area contributed by atoms with Gasteiger partial charge in [0, 0.05) is 17.4 Å². The number of carbonyl (C=O) groups excluding carboxylic acids is 1. The Balaban J connectivity index is 2.05. The molecule has 0 spiro atoms. The molecule has 4 heteroatoms. The number of aromatic nitrogens is 1. The van der Waals surface area contributed by atoms with Gasteiger partial charge in [-0.1, -0.05) is 54.6 Å². The molecule has 3 aromatic rings. The van der Waals surface area contributed by atoms with E-state index in [1.54, 1.807) is 19.4 Å². The Labute approximate surface area is 153 Å². The molecule has 0 aliphatic heterocycles. The molecule has 0 unspecified atom stereocenters. The predicted octanol–water partition coefficient (Wildman–Crippen LogP) is 4.27. The minimum Gasteiger partial charge on any atom is -0.481 e. The lowest BCUT2D eigenvalue weighted by Crippen LogP contribution is -1.98. The zero-order valence-corrected chi connectivity index (χ0v) is 14.6. The van der Waals surface area contributed by atoms with Crippen molar-refractivity contribution in [3.05, 3.63) is 89.1 Å². The van der Waals surface area contributed by atoms with Gasteiger partial charge in [0.25, 0.3) is 0 Å². The molecule has 3 rings (SSSR count). The topological polar surface area (TPSA) is 65.2 Å². The van der Waals surface area contributed by atoms with E-state index in [0.29, 0.717) is 23.6 Å². The molecule has 4 nitrogen and oxygen atoms in total. The van der Waals surface area contributed by atoms with E-state index in [9.17, 15) is 4.79 Å². The van der Waals surface area contributed by atoms with Crippen LogP contribution in [0.1, 0.15) is 27.0 Å². The van der Waals surface area contributed by atoms with Gasteiger partial charge in [0.2, 0.25) is 5.88 Å². The van der Waals surface area contributed by atoms with E-state index in [1.807, 2.05) is 48.5 Å². The van der Waals surface area contributed by atoms with Gasteiger partial charge in [0.1, 0.15) is 6.29 Å². The van der Waals surface area contributed by atoms with Crippen molar-refractivity contribution in [1.29, 1.82) is 0 Å². The zero-order chi connectivity index (χ0) is 18.4. The van der Waals surface area contributed by atoms with Gasteiger partial charge in [-0.3, -0.25) is 4.79 Å². The monoisotopic (exact) mass is 344 g/mol. The van der Waals surface area contributed by atoms with Crippen molar-refractivity contribution in [3.63, 3.8) is 0 Å². The van der Waals surface area contributed by atoms with Gasteiger partial charge in [-0.25, -0.2) is 4.98 Å². The number of pyridine rings is 1. The number of methoxy groups -OCH3 is 1. The van der Waals surface area contributed by atoms with Gasteiger partial charge in [0.15, 0.2) is 0 Å². The Morgan fingerprint density at radius 3 is 2.46 bits per heavy atom. The Morgan fingerprint density at radius 1 is 1.08 bits per heavy atom. The molecule has 26 heavy (non-hydrogen) atoms. The number of benzene rings is 2. The second-order valence-corrected chi connectivity index (χ2v) is 5.89. The maximum atomic E-state index is 10.9. The summed E-state index contributed by atoms with van der Waals surface area (Å²) in [6.45, 7) is 0. The molecular formula is C22H20N2O2. The van der Waals surface area contributed by atoms with Gasteiger partial charge in [-0.15, -0.1) is 0 Å². The highest BCUT2D eigenvalue weighted by Gasteiger charge is 2.10. The number of ether oxygens (including phenoxy) is 1. The second-order valence-electron chi connectivity index (χ2n) is 5.89. The number of anilines is 1. The van der Waals surface area contributed by atoms with Crippen LogP contribution in [0, 0.1) is 0 Å². The summed E-state index contributed by atoms with van der Waals surface area (Å²) >= 11 is 0. The number of nitrogens with zero attached hydrogens (tertiary/aromatic N) is 1. The average Bonchev–Trinajstić information content (AvgIpc) is 2.70. The normalized spacial score (nSPS) is 11.2. The van der Waals surface area contributed by atoms with Crippen molar-refractivity contribution < 1.29 is 9.53 Å². The number of hydrogen-bond acceptors (Lipinski definition) is 4. The molecule has 0 saturated carbocycles. The first-order chi connectivity index (χ1) is 12.7. The minimum atomic E-state index is 0.495.